The predicted molar refractivity (Wildman–Crippen MR) is 53.7 cm³/mol. The first-order valence-corrected chi connectivity index (χ1v) is 6.16. The van der Waals surface area contributed by atoms with E-state index in [1.54, 1.807) is 0 Å². The molecule has 0 aliphatic carbocycles. The Morgan fingerprint density at radius 2 is 2.08 bits per heavy atom. The van der Waals surface area contributed by atoms with Gasteiger partial charge in [0, 0.05) is 28.3 Å². The molecular formula is C9H19NOS. The molecule has 1 rings (SSSR count). The van der Waals surface area contributed by atoms with Gasteiger partial charge in [-0.3, -0.25) is 4.21 Å². The first-order chi connectivity index (χ1) is 5.59. The van der Waals surface area contributed by atoms with Crippen molar-refractivity contribution in [2.45, 2.75) is 26.8 Å². The molecular weight excluding hydrogens is 170 g/mol. The van der Waals surface area contributed by atoms with Gasteiger partial charge in [-0.05, 0) is 18.4 Å². The van der Waals surface area contributed by atoms with Gasteiger partial charge in [-0.1, -0.05) is 20.8 Å². The Kier molecular flexibility index (Phi) is 3.72. The Labute approximate surface area is 77.6 Å². The lowest BCUT2D eigenvalue weighted by Crippen LogP contribution is -2.37. The van der Waals surface area contributed by atoms with Crippen molar-refractivity contribution in [3.63, 3.8) is 0 Å². The van der Waals surface area contributed by atoms with E-state index in [2.05, 4.69) is 26.1 Å². The number of hydrogen-bond donors (Lipinski definition) is 1. The van der Waals surface area contributed by atoms with Crippen molar-refractivity contribution in [1.29, 1.82) is 0 Å². The van der Waals surface area contributed by atoms with Crippen molar-refractivity contribution >= 4 is 10.8 Å². The average Bonchev–Trinajstić information content (AvgIpc) is 2.11. The molecule has 1 aliphatic heterocycles. The Bertz CT molecular complexity index is 170. The van der Waals surface area contributed by atoms with E-state index >= 15 is 0 Å². The van der Waals surface area contributed by atoms with E-state index in [0.29, 0.717) is 17.9 Å². The molecule has 1 saturated heterocycles. The lowest BCUT2D eigenvalue weighted by Gasteiger charge is -2.19. The van der Waals surface area contributed by atoms with Crippen LogP contribution in [0.2, 0.25) is 0 Å². The summed E-state index contributed by atoms with van der Waals surface area (Å²) in [7, 11) is -0.601. The van der Waals surface area contributed by atoms with Gasteiger partial charge in [0.1, 0.15) is 0 Å². The van der Waals surface area contributed by atoms with Gasteiger partial charge in [0.15, 0.2) is 0 Å². The molecule has 0 aromatic heterocycles. The summed E-state index contributed by atoms with van der Waals surface area (Å²) in [5, 5.41) is 3.47. The van der Waals surface area contributed by atoms with Gasteiger partial charge in [0.2, 0.25) is 0 Å². The van der Waals surface area contributed by atoms with Gasteiger partial charge in [-0.15, -0.1) is 0 Å². The second kappa shape index (κ2) is 4.38. The normalized spacial score (nSPS) is 38.2. The zero-order valence-corrected chi connectivity index (χ0v) is 8.99. The monoisotopic (exact) mass is 189 g/mol. The van der Waals surface area contributed by atoms with Crippen molar-refractivity contribution in [3.05, 3.63) is 0 Å². The van der Waals surface area contributed by atoms with Crippen LogP contribution in [-0.2, 0) is 10.8 Å². The maximum Gasteiger partial charge on any atom is 0.0391 e. The molecule has 3 heteroatoms. The molecule has 0 saturated carbocycles. The van der Waals surface area contributed by atoms with E-state index in [9.17, 15) is 4.21 Å². The van der Waals surface area contributed by atoms with Crippen LogP contribution in [0.15, 0.2) is 0 Å². The molecule has 1 heterocycles. The maximum absolute atomic E-state index is 11.5. The van der Waals surface area contributed by atoms with E-state index in [4.69, 9.17) is 0 Å². The lowest BCUT2D eigenvalue weighted by molar-refractivity contribution is 0.415. The highest BCUT2D eigenvalue weighted by Crippen LogP contribution is 2.10. The number of hydrogen-bond acceptors (Lipinski definition) is 2. The Morgan fingerprint density at radius 3 is 2.67 bits per heavy atom. The van der Waals surface area contributed by atoms with Gasteiger partial charge in [0.25, 0.3) is 0 Å². The van der Waals surface area contributed by atoms with Crippen LogP contribution in [0, 0.1) is 11.8 Å². The molecule has 0 aromatic rings. The minimum Gasteiger partial charge on any atom is -0.313 e. The zero-order valence-electron chi connectivity index (χ0n) is 8.17. The van der Waals surface area contributed by atoms with E-state index < -0.39 is 10.8 Å². The third kappa shape index (κ3) is 2.87. The molecule has 0 amide bonds. The SMILES string of the molecule is CC1CNC(C(C)C)CS(=O)C1. The van der Waals surface area contributed by atoms with Gasteiger partial charge >= 0.3 is 0 Å². The Hall–Kier alpha value is 0.110. The summed E-state index contributed by atoms with van der Waals surface area (Å²) < 4.78 is 11.5. The molecule has 1 fully saturated rings. The van der Waals surface area contributed by atoms with Gasteiger partial charge in [-0.2, -0.15) is 0 Å². The summed E-state index contributed by atoms with van der Waals surface area (Å²) in [5.74, 6) is 2.87. The van der Waals surface area contributed by atoms with Crippen LogP contribution in [-0.4, -0.2) is 28.3 Å². The smallest absolute Gasteiger partial charge is 0.0391 e. The van der Waals surface area contributed by atoms with Crippen LogP contribution >= 0.6 is 0 Å². The Morgan fingerprint density at radius 1 is 1.42 bits per heavy atom. The first kappa shape index (κ1) is 10.2. The van der Waals surface area contributed by atoms with Gasteiger partial charge < -0.3 is 5.32 Å². The molecule has 0 spiro atoms. The molecule has 72 valence electrons. The first-order valence-electron chi connectivity index (χ1n) is 4.68. The fraction of sp³-hybridized carbons (Fsp3) is 1.00. The molecule has 3 unspecified atom stereocenters. The van der Waals surface area contributed by atoms with E-state index in [-0.39, 0.29) is 0 Å². The largest absolute Gasteiger partial charge is 0.313 e. The topological polar surface area (TPSA) is 29.1 Å². The van der Waals surface area contributed by atoms with Crippen LogP contribution in [0.3, 0.4) is 0 Å². The van der Waals surface area contributed by atoms with Gasteiger partial charge in [0.05, 0.1) is 0 Å². The summed E-state index contributed by atoms with van der Waals surface area (Å²) in [6, 6.07) is 0.454. The van der Waals surface area contributed by atoms with Crippen molar-refractivity contribution in [2.24, 2.45) is 11.8 Å². The molecule has 1 N–H and O–H groups in total. The van der Waals surface area contributed by atoms with Crippen LogP contribution in [0.5, 0.6) is 0 Å². The average molecular weight is 189 g/mol. The highest BCUT2D eigenvalue weighted by molar-refractivity contribution is 7.85. The molecule has 0 radical (unpaired) electrons. The van der Waals surface area contributed by atoms with Crippen LogP contribution < -0.4 is 5.32 Å². The zero-order chi connectivity index (χ0) is 9.14. The van der Waals surface area contributed by atoms with Gasteiger partial charge in [-0.25, -0.2) is 0 Å². The maximum atomic E-state index is 11.5. The molecule has 0 bridgehead atoms. The summed E-state index contributed by atoms with van der Waals surface area (Å²) >= 11 is 0. The lowest BCUT2D eigenvalue weighted by atomic mass is 10.1. The second-order valence-electron chi connectivity index (χ2n) is 4.14. The van der Waals surface area contributed by atoms with E-state index in [1.165, 1.54) is 0 Å². The third-order valence-corrected chi connectivity index (χ3v) is 4.04. The number of rotatable bonds is 1. The highest BCUT2D eigenvalue weighted by atomic mass is 32.2. The molecule has 1 aliphatic rings. The van der Waals surface area contributed by atoms with Crippen LogP contribution in [0.4, 0.5) is 0 Å². The predicted octanol–water partition coefficient (Wildman–Crippen LogP) is 0.999. The van der Waals surface area contributed by atoms with Crippen molar-refractivity contribution in [3.8, 4) is 0 Å². The third-order valence-electron chi connectivity index (χ3n) is 2.37. The standard InChI is InChI=1S/C9H19NOS/c1-7(2)9-6-12(11)5-8(3)4-10-9/h7-10H,4-6H2,1-3H3. The summed E-state index contributed by atoms with van der Waals surface area (Å²) in [6.45, 7) is 7.55. The fourth-order valence-electron chi connectivity index (χ4n) is 1.48. The number of nitrogens with one attached hydrogen (secondary N) is 1. The summed E-state index contributed by atoms with van der Waals surface area (Å²) in [4.78, 5) is 0. The summed E-state index contributed by atoms with van der Waals surface area (Å²) in [6.07, 6.45) is 0. The van der Waals surface area contributed by atoms with E-state index in [0.717, 1.165) is 18.1 Å². The van der Waals surface area contributed by atoms with Crippen molar-refractivity contribution < 1.29 is 4.21 Å². The summed E-state index contributed by atoms with van der Waals surface area (Å²) in [5.41, 5.74) is 0. The highest BCUT2D eigenvalue weighted by Gasteiger charge is 2.21. The molecule has 12 heavy (non-hydrogen) atoms. The van der Waals surface area contributed by atoms with Crippen molar-refractivity contribution in [1.82, 2.24) is 5.32 Å². The van der Waals surface area contributed by atoms with E-state index in [1.807, 2.05) is 0 Å². The molecule has 3 atom stereocenters. The minimum atomic E-state index is -0.601. The molecule has 0 aromatic carbocycles. The second-order valence-corrected chi connectivity index (χ2v) is 5.68. The minimum absolute atomic E-state index is 0.454. The fourth-order valence-corrected chi connectivity index (χ4v) is 3.28. The van der Waals surface area contributed by atoms with Crippen LogP contribution in [0.25, 0.3) is 0 Å². The van der Waals surface area contributed by atoms with Crippen LogP contribution in [0.1, 0.15) is 20.8 Å². The van der Waals surface area contributed by atoms with Crippen molar-refractivity contribution in [2.75, 3.05) is 18.1 Å². The quantitative estimate of drug-likeness (QED) is 0.667. The Balaban J connectivity index is 2.52. The molecule has 2 nitrogen and oxygen atoms in total.